The zero-order chi connectivity index (χ0) is 33.8. The molecule has 0 N–H and O–H groups in total. The summed E-state index contributed by atoms with van der Waals surface area (Å²) >= 11 is 0. The second-order valence-corrected chi connectivity index (χ2v) is 13.2. The van der Waals surface area contributed by atoms with Gasteiger partial charge in [0.2, 0.25) is 0 Å². The summed E-state index contributed by atoms with van der Waals surface area (Å²) < 4.78 is 16.5. The monoisotopic (exact) mass is 651 g/mol. The van der Waals surface area contributed by atoms with Crippen molar-refractivity contribution in [1.82, 2.24) is 0 Å². The number of unbranched alkanes of at least 4 members (excludes halogenated alkanes) is 22. The molecule has 46 heavy (non-hydrogen) atoms. The summed E-state index contributed by atoms with van der Waals surface area (Å²) in [5.41, 5.74) is 0. The van der Waals surface area contributed by atoms with Gasteiger partial charge in [0.1, 0.15) is 13.2 Å². The van der Waals surface area contributed by atoms with Gasteiger partial charge in [-0.15, -0.1) is 0 Å². The summed E-state index contributed by atoms with van der Waals surface area (Å²) in [6, 6.07) is 0. The van der Waals surface area contributed by atoms with Crippen LogP contribution < -0.4 is 0 Å². The van der Waals surface area contributed by atoms with Crippen molar-refractivity contribution in [2.24, 2.45) is 0 Å². The van der Waals surface area contributed by atoms with Gasteiger partial charge in [0.15, 0.2) is 6.10 Å². The van der Waals surface area contributed by atoms with Crippen molar-refractivity contribution < 1.29 is 28.6 Å². The molecule has 0 aliphatic carbocycles. The molecule has 0 heterocycles. The molecule has 1 atom stereocenters. The van der Waals surface area contributed by atoms with Gasteiger partial charge < -0.3 is 14.2 Å². The highest BCUT2D eigenvalue weighted by Gasteiger charge is 2.19. The molecule has 0 rings (SSSR count). The Hall–Kier alpha value is -1.85. The molecule has 6 heteroatoms. The highest BCUT2D eigenvalue weighted by Crippen LogP contribution is 2.14. The molecule has 270 valence electrons. The Kier molecular flexibility index (Phi) is 34.5. The third-order valence-corrected chi connectivity index (χ3v) is 8.52. The number of carbonyl (C=O) groups is 3. The van der Waals surface area contributed by atoms with Crippen LogP contribution in [0.4, 0.5) is 0 Å². The predicted molar refractivity (Wildman–Crippen MR) is 192 cm³/mol. The van der Waals surface area contributed by atoms with E-state index in [1.54, 1.807) is 0 Å². The summed E-state index contributed by atoms with van der Waals surface area (Å²) in [5.74, 6) is -0.896. The normalized spacial score (nSPS) is 12.0. The first kappa shape index (κ1) is 44.1. The number of hydrogen-bond acceptors (Lipinski definition) is 6. The number of allylic oxidation sites excluding steroid dienone is 2. The maximum Gasteiger partial charge on any atom is 0.306 e. The molecule has 0 saturated carbocycles. The Morgan fingerprint density at radius 2 is 0.739 bits per heavy atom. The Morgan fingerprint density at radius 3 is 1.15 bits per heavy atom. The lowest BCUT2D eigenvalue weighted by molar-refractivity contribution is -0.167. The van der Waals surface area contributed by atoms with Gasteiger partial charge in [-0.1, -0.05) is 161 Å². The molecular formula is C40H74O6. The van der Waals surface area contributed by atoms with Crippen molar-refractivity contribution in [3.63, 3.8) is 0 Å². The lowest BCUT2D eigenvalue weighted by atomic mass is 10.0. The summed E-state index contributed by atoms with van der Waals surface area (Å²) in [6.07, 6.45) is 35.0. The van der Waals surface area contributed by atoms with E-state index >= 15 is 0 Å². The molecule has 1 unspecified atom stereocenters. The summed E-state index contributed by atoms with van der Waals surface area (Å²) in [4.78, 5) is 37.2. The highest BCUT2D eigenvalue weighted by atomic mass is 16.6. The molecule has 0 amide bonds. The van der Waals surface area contributed by atoms with Crippen molar-refractivity contribution in [2.45, 2.75) is 213 Å². The van der Waals surface area contributed by atoms with Crippen molar-refractivity contribution in [2.75, 3.05) is 13.2 Å². The number of esters is 3. The third-order valence-electron chi connectivity index (χ3n) is 8.52. The van der Waals surface area contributed by atoms with Crippen molar-refractivity contribution in [3.05, 3.63) is 12.2 Å². The minimum absolute atomic E-state index is 0.0710. The molecule has 0 saturated heterocycles. The van der Waals surface area contributed by atoms with Crippen LogP contribution in [0, 0.1) is 0 Å². The molecule has 0 aromatic carbocycles. The first-order valence-electron chi connectivity index (χ1n) is 19.7. The van der Waals surface area contributed by atoms with Crippen LogP contribution in [0.1, 0.15) is 207 Å². The van der Waals surface area contributed by atoms with E-state index in [9.17, 15) is 14.4 Å². The van der Waals surface area contributed by atoms with Gasteiger partial charge in [-0.05, 0) is 38.5 Å². The fraction of sp³-hybridized carbons (Fsp3) is 0.875. The Balaban J connectivity index is 4.28. The van der Waals surface area contributed by atoms with Gasteiger partial charge in [0, 0.05) is 19.3 Å². The summed E-state index contributed by atoms with van der Waals surface area (Å²) in [7, 11) is 0. The zero-order valence-corrected chi connectivity index (χ0v) is 30.6. The molecule has 0 radical (unpaired) electrons. The predicted octanol–water partition coefficient (Wildman–Crippen LogP) is 11.9. The van der Waals surface area contributed by atoms with E-state index in [-0.39, 0.29) is 31.1 Å². The van der Waals surface area contributed by atoms with Crippen LogP contribution in [0.3, 0.4) is 0 Å². The smallest absolute Gasteiger partial charge is 0.306 e. The maximum absolute atomic E-state index is 12.6. The van der Waals surface area contributed by atoms with Crippen LogP contribution in [-0.4, -0.2) is 37.2 Å². The second-order valence-electron chi connectivity index (χ2n) is 13.2. The Morgan fingerprint density at radius 1 is 0.413 bits per heavy atom. The first-order valence-corrected chi connectivity index (χ1v) is 19.7. The highest BCUT2D eigenvalue weighted by molar-refractivity contribution is 5.71. The van der Waals surface area contributed by atoms with E-state index in [4.69, 9.17) is 14.2 Å². The first-order chi connectivity index (χ1) is 22.5. The molecule has 0 spiro atoms. The van der Waals surface area contributed by atoms with E-state index in [2.05, 4.69) is 32.9 Å². The van der Waals surface area contributed by atoms with Gasteiger partial charge in [0.25, 0.3) is 0 Å². The molecule has 0 aromatic heterocycles. The van der Waals surface area contributed by atoms with E-state index in [0.29, 0.717) is 19.3 Å². The van der Waals surface area contributed by atoms with Gasteiger partial charge in [0.05, 0.1) is 0 Å². The van der Waals surface area contributed by atoms with E-state index in [0.717, 1.165) is 70.6 Å². The lowest BCUT2D eigenvalue weighted by Crippen LogP contribution is -2.30. The van der Waals surface area contributed by atoms with Crippen LogP contribution in [0.15, 0.2) is 12.2 Å². The van der Waals surface area contributed by atoms with Crippen LogP contribution in [0.2, 0.25) is 0 Å². The fourth-order valence-corrected chi connectivity index (χ4v) is 5.48. The second kappa shape index (κ2) is 36.0. The SMILES string of the molecule is CCCC/C=C\CCCCCCCC(=O)OC(COC(=O)CCCCCCC)COC(=O)CCCCCCCCCCCCCC. The lowest BCUT2D eigenvalue weighted by Gasteiger charge is -2.18. The van der Waals surface area contributed by atoms with Gasteiger partial charge in [-0.2, -0.15) is 0 Å². The van der Waals surface area contributed by atoms with E-state index in [1.807, 2.05) is 0 Å². The van der Waals surface area contributed by atoms with Crippen molar-refractivity contribution in [1.29, 1.82) is 0 Å². The zero-order valence-electron chi connectivity index (χ0n) is 30.6. The average molecular weight is 651 g/mol. The standard InChI is InChI=1S/C40H74O6/c1-4-7-10-13-15-17-19-21-22-24-27-30-33-39(42)45-36-37(35-44-38(41)32-29-26-12-9-6-3)46-40(43)34-31-28-25-23-20-18-16-14-11-8-5-2/h14,16,37H,4-13,15,17-36H2,1-3H3/b16-14-. The van der Waals surface area contributed by atoms with Gasteiger partial charge in [-0.3, -0.25) is 14.4 Å². The van der Waals surface area contributed by atoms with Crippen LogP contribution in [-0.2, 0) is 28.6 Å². The quantitative estimate of drug-likeness (QED) is 0.0294. The molecular weight excluding hydrogens is 576 g/mol. The third kappa shape index (κ3) is 33.5. The van der Waals surface area contributed by atoms with Crippen molar-refractivity contribution in [3.8, 4) is 0 Å². The van der Waals surface area contributed by atoms with Crippen LogP contribution >= 0.6 is 0 Å². The average Bonchev–Trinajstić information content (AvgIpc) is 3.05. The fourth-order valence-electron chi connectivity index (χ4n) is 5.48. The van der Waals surface area contributed by atoms with Crippen LogP contribution in [0.5, 0.6) is 0 Å². The number of carbonyl (C=O) groups excluding carboxylic acids is 3. The molecule has 0 aromatic rings. The summed E-state index contributed by atoms with van der Waals surface area (Å²) in [5, 5.41) is 0. The largest absolute Gasteiger partial charge is 0.462 e. The number of rotatable bonds is 35. The minimum Gasteiger partial charge on any atom is -0.462 e. The van der Waals surface area contributed by atoms with E-state index in [1.165, 1.54) is 96.3 Å². The molecule has 0 aliphatic heterocycles. The number of hydrogen-bond donors (Lipinski definition) is 0. The van der Waals surface area contributed by atoms with Gasteiger partial charge in [-0.25, -0.2) is 0 Å². The molecule has 0 aliphatic rings. The number of ether oxygens (including phenoxy) is 3. The Labute approximate surface area is 284 Å². The Bertz CT molecular complexity index is 719. The van der Waals surface area contributed by atoms with E-state index < -0.39 is 6.10 Å². The topological polar surface area (TPSA) is 78.9 Å². The molecule has 0 fully saturated rings. The molecule has 6 nitrogen and oxygen atoms in total. The van der Waals surface area contributed by atoms with Crippen LogP contribution in [0.25, 0.3) is 0 Å². The minimum atomic E-state index is -0.762. The maximum atomic E-state index is 12.6. The van der Waals surface area contributed by atoms with Crippen molar-refractivity contribution >= 4 is 17.9 Å². The summed E-state index contributed by atoms with van der Waals surface area (Å²) in [6.45, 7) is 6.49. The van der Waals surface area contributed by atoms with Gasteiger partial charge >= 0.3 is 17.9 Å². The molecule has 0 bridgehead atoms.